The number of halogens is 1. The molecular formula is C16H23FN2. The van der Waals surface area contributed by atoms with E-state index in [1.807, 2.05) is 12.1 Å². The molecule has 0 unspecified atom stereocenters. The molecule has 0 bridgehead atoms. The highest BCUT2D eigenvalue weighted by Gasteiger charge is 2.27. The van der Waals surface area contributed by atoms with Gasteiger partial charge in [-0.05, 0) is 24.8 Å². The zero-order chi connectivity index (χ0) is 13.1. The molecule has 0 spiro atoms. The molecule has 3 heteroatoms. The Labute approximate surface area is 115 Å². The molecule has 2 fully saturated rings. The molecule has 1 heterocycles. The second-order valence-electron chi connectivity index (χ2n) is 5.98. The maximum atomic E-state index is 13.8. The van der Waals surface area contributed by atoms with Crippen LogP contribution in [0.5, 0.6) is 0 Å². The fraction of sp³-hybridized carbons (Fsp3) is 0.625. The van der Waals surface area contributed by atoms with Crippen LogP contribution in [0.15, 0.2) is 24.3 Å². The van der Waals surface area contributed by atoms with Crippen LogP contribution >= 0.6 is 0 Å². The van der Waals surface area contributed by atoms with Crippen LogP contribution in [-0.4, -0.2) is 30.6 Å². The van der Waals surface area contributed by atoms with Gasteiger partial charge in [-0.2, -0.15) is 0 Å². The average Bonchev–Trinajstić information content (AvgIpc) is 2.88. The highest BCUT2D eigenvalue weighted by atomic mass is 19.1. The first-order valence-electron chi connectivity index (χ1n) is 7.51. The third-order valence-electron chi connectivity index (χ3n) is 4.53. The van der Waals surface area contributed by atoms with Gasteiger partial charge in [0.15, 0.2) is 0 Å². The molecule has 1 saturated heterocycles. The molecule has 0 aromatic heterocycles. The molecule has 1 aliphatic carbocycles. The van der Waals surface area contributed by atoms with Gasteiger partial charge in [0, 0.05) is 37.8 Å². The van der Waals surface area contributed by atoms with Gasteiger partial charge in [0.2, 0.25) is 0 Å². The fourth-order valence-electron chi connectivity index (χ4n) is 3.27. The Balaban J connectivity index is 1.68. The number of rotatable bonds is 5. The van der Waals surface area contributed by atoms with Crippen molar-refractivity contribution in [3.8, 4) is 0 Å². The van der Waals surface area contributed by atoms with Crippen LogP contribution in [0.2, 0.25) is 0 Å². The van der Waals surface area contributed by atoms with E-state index in [4.69, 9.17) is 0 Å². The molecule has 1 aromatic carbocycles. The molecule has 2 aliphatic rings. The Bertz CT molecular complexity index is 411. The van der Waals surface area contributed by atoms with Gasteiger partial charge >= 0.3 is 0 Å². The van der Waals surface area contributed by atoms with Gasteiger partial charge in [-0.1, -0.05) is 31.0 Å². The molecule has 19 heavy (non-hydrogen) atoms. The summed E-state index contributed by atoms with van der Waals surface area (Å²) in [4.78, 5) is 2.52. The Morgan fingerprint density at radius 3 is 2.53 bits per heavy atom. The summed E-state index contributed by atoms with van der Waals surface area (Å²) in [7, 11) is 0. The van der Waals surface area contributed by atoms with E-state index in [0.29, 0.717) is 6.04 Å². The summed E-state index contributed by atoms with van der Waals surface area (Å²) in [5.41, 5.74) is 0.849. The van der Waals surface area contributed by atoms with Crippen LogP contribution in [0.25, 0.3) is 0 Å². The van der Waals surface area contributed by atoms with E-state index in [2.05, 4.69) is 10.2 Å². The maximum absolute atomic E-state index is 13.8. The molecule has 0 radical (unpaired) electrons. The first-order chi connectivity index (χ1) is 9.33. The predicted molar refractivity (Wildman–Crippen MR) is 75.4 cm³/mol. The molecule has 104 valence electrons. The summed E-state index contributed by atoms with van der Waals surface area (Å²) in [6.07, 6.45) is 5.24. The number of hydrogen-bond acceptors (Lipinski definition) is 2. The number of nitrogens with zero attached hydrogens (tertiary/aromatic N) is 1. The standard InChI is InChI=1S/C16H23FN2/c17-16-8-4-1-5-14(16)12-19(11-13-9-18-10-13)15-6-2-3-7-15/h1,4-5,8,13,15,18H,2-3,6-7,9-12H2. The van der Waals surface area contributed by atoms with Crippen molar-refractivity contribution in [3.05, 3.63) is 35.6 Å². The van der Waals surface area contributed by atoms with Gasteiger partial charge in [-0.25, -0.2) is 4.39 Å². The van der Waals surface area contributed by atoms with Crippen molar-refractivity contribution in [1.82, 2.24) is 10.2 Å². The average molecular weight is 262 g/mol. The minimum atomic E-state index is -0.0581. The van der Waals surface area contributed by atoms with E-state index in [1.54, 1.807) is 12.1 Å². The van der Waals surface area contributed by atoms with Gasteiger partial charge in [0.25, 0.3) is 0 Å². The van der Waals surface area contributed by atoms with Crippen molar-refractivity contribution in [2.75, 3.05) is 19.6 Å². The second-order valence-corrected chi connectivity index (χ2v) is 5.98. The van der Waals surface area contributed by atoms with Crippen molar-refractivity contribution >= 4 is 0 Å². The summed E-state index contributed by atoms with van der Waals surface area (Å²) in [6.45, 7) is 4.14. The Kier molecular flexibility index (Phi) is 4.14. The lowest BCUT2D eigenvalue weighted by molar-refractivity contribution is 0.135. The molecule has 3 rings (SSSR count). The third kappa shape index (κ3) is 3.15. The Morgan fingerprint density at radius 2 is 1.89 bits per heavy atom. The molecule has 0 atom stereocenters. The van der Waals surface area contributed by atoms with Crippen molar-refractivity contribution in [2.45, 2.75) is 38.3 Å². The van der Waals surface area contributed by atoms with Gasteiger partial charge < -0.3 is 5.32 Å². The predicted octanol–water partition coefficient (Wildman–Crippen LogP) is 2.79. The lowest BCUT2D eigenvalue weighted by atomic mass is 10.0. The molecule has 1 saturated carbocycles. The Hall–Kier alpha value is -0.930. The molecule has 1 aliphatic heterocycles. The lowest BCUT2D eigenvalue weighted by Crippen LogP contribution is -2.50. The number of benzene rings is 1. The molecule has 1 aromatic rings. The minimum absolute atomic E-state index is 0.0581. The van der Waals surface area contributed by atoms with E-state index >= 15 is 0 Å². The largest absolute Gasteiger partial charge is 0.316 e. The van der Waals surface area contributed by atoms with Crippen molar-refractivity contribution < 1.29 is 4.39 Å². The van der Waals surface area contributed by atoms with Crippen LogP contribution in [0.1, 0.15) is 31.2 Å². The van der Waals surface area contributed by atoms with Crippen molar-refractivity contribution in [3.63, 3.8) is 0 Å². The van der Waals surface area contributed by atoms with Gasteiger partial charge in [0.1, 0.15) is 5.82 Å². The van der Waals surface area contributed by atoms with E-state index in [9.17, 15) is 4.39 Å². The van der Waals surface area contributed by atoms with Crippen LogP contribution in [0.3, 0.4) is 0 Å². The summed E-state index contributed by atoms with van der Waals surface area (Å²) < 4.78 is 13.8. The van der Waals surface area contributed by atoms with Crippen LogP contribution < -0.4 is 5.32 Å². The van der Waals surface area contributed by atoms with Crippen LogP contribution in [-0.2, 0) is 6.54 Å². The van der Waals surface area contributed by atoms with Crippen LogP contribution in [0, 0.1) is 11.7 Å². The minimum Gasteiger partial charge on any atom is -0.316 e. The zero-order valence-electron chi connectivity index (χ0n) is 11.4. The summed E-state index contributed by atoms with van der Waals surface area (Å²) in [5.74, 6) is 0.699. The second kappa shape index (κ2) is 6.02. The van der Waals surface area contributed by atoms with Crippen molar-refractivity contribution in [2.24, 2.45) is 5.92 Å². The number of hydrogen-bond donors (Lipinski definition) is 1. The lowest BCUT2D eigenvalue weighted by Gasteiger charge is -2.36. The molecule has 2 nitrogen and oxygen atoms in total. The SMILES string of the molecule is Fc1ccccc1CN(CC1CNC1)C1CCCC1. The van der Waals surface area contributed by atoms with Crippen molar-refractivity contribution in [1.29, 1.82) is 0 Å². The first kappa shape index (κ1) is 13.1. The zero-order valence-corrected chi connectivity index (χ0v) is 11.4. The third-order valence-corrected chi connectivity index (χ3v) is 4.53. The van der Waals surface area contributed by atoms with Gasteiger partial charge in [0.05, 0.1) is 0 Å². The van der Waals surface area contributed by atoms with E-state index in [-0.39, 0.29) is 5.82 Å². The molecular weight excluding hydrogens is 239 g/mol. The quantitative estimate of drug-likeness (QED) is 0.878. The monoisotopic (exact) mass is 262 g/mol. The molecule has 0 amide bonds. The highest BCUT2D eigenvalue weighted by Crippen LogP contribution is 2.26. The summed E-state index contributed by atoms with van der Waals surface area (Å²) >= 11 is 0. The van der Waals surface area contributed by atoms with Crippen LogP contribution in [0.4, 0.5) is 4.39 Å². The van der Waals surface area contributed by atoms with E-state index in [0.717, 1.165) is 37.7 Å². The highest BCUT2D eigenvalue weighted by molar-refractivity contribution is 5.17. The van der Waals surface area contributed by atoms with Gasteiger partial charge in [-0.15, -0.1) is 0 Å². The summed E-state index contributed by atoms with van der Waals surface area (Å²) in [5, 5.41) is 3.33. The first-order valence-corrected chi connectivity index (χ1v) is 7.51. The smallest absolute Gasteiger partial charge is 0.127 e. The van der Waals surface area contributed by atoms with E-state index in [1.165, 1.54) is 25.7 Å². The number of nitrogens with one attached hydrogen (secondary N) is 1. The molecule has 1 N–H and O–H groups in total. The van der Waals surface area contributed by atoms with E-state index < -0.39 is 0 Å². The van der Waals surface area contributed by atoms with Gasteiger partial charge in [-0.3, -0.25) is 4.90 Å². The maximum Gasteiger partial charge on any atom is 0.127 e. The normalized spacial score (nSPS) is 20.9. The summed E-state index contributed by atoms with van der Waals surface area (Å²) in [6, 6.07) is 7.88. The topological polar surface area (TPSA) is 15.3 Å². The Morgan fingerprint density at radius 1 is 1.16 bits per heavy atom. The fourth-order valence-corrected chi connectivity index (χ4v) is 3.27.